The molecule has 0 atom stereocenters. The summed E-state index contributed by atoms with van der Waals surface area (Å²) in [5.74, 6) is 0.471. The van der Waals surface area contributed by atoms with Crippen molar-refractivity contribution in [3.8, 4) is 5.75 Å². The summed E-state index contributed by atoms with van der Waals surface area (Å²) >= 11 is 5.98. The number of hydrogen-bond donors (Lipinski definition) is 0. The molecule has 0 saturated carbocycles. The first-order chi connectivity index (χ1) is 8.95. The van der Waals surface area contributed by atoms with Gasteiger partial charge in [0.1, 0.15) is 5.75 Å². The molecule has 0 radical (unpaired) electrons. The van der Waals surface area contributed by atoms with Crippen molar-refractivity contribution in [3.63, 3.8) is 0 Å². The van der Waals surface area contributed by atoms with Crippen molar-refractivity contribution in [2.75, 3.05) is 40.3 Å². The van der Waals surface area contributed by atoms with Gasteiger partial charge in [0.05, 0.1) is 17.0 Å². The first-order valence-corrected chi connectivity index (χ1v) is 7.79. The average molecular weight is 305 g/mol. The molecule has 0 bridgehead atoms. The van der Waals surface area contributed by atoms with Gasteiger partial charge in [-0.1, -0.05) is 11.6 Å². The van der Waals surface area contributed by atoms with Crippen molar-refractivity contribution in [1.82, 2.24) is 9.21 Å². The molecule has 1 aromatic carbocycles. The van der Waals surface area contributed by atoms with Crippen LogP contribution in [0.2, 0.25) is 5.02 Å². The molecule has 5 nitrogen and oxygen atoms in total. The van der Waals surface area contributed by atoms with E-state index in [1.54, 1.807) is 6.07 Å². The van der Waals surface area contributed by atoms with Gasteiger partial charge in [0, 0.05) is 26.2 Å². The van der Waals surface area contributed by atoms with Crippen molar-refractivity contribution < 1.29 is 13.2 Å². The van der Waals surface area contributed by atoms with Gasteiger partial charge in [-0.15, -0.1) is 0 Å². The fraction of sp³-hybridized carbons (Fsp3) is 0.500. The lowest BCUT2D eigenvalue weighted by Crippen LogP contribution is -2.46. The Labute approximate surface area is 118 Å². The van der Waals surface area contributed by atoms with Crippen molar-refractivity contribution in [2.45, 2.75) is 4.90 Å². The van der Waals surface area contributed by atoms with Gasteiger partial charge in [0.25, 0.3) is 0 Å². The van der Waals surface area contributed by atoms with E-state index in [2.05, 4.69) is 4.90 Å². The van der Waals surface area contributed by atoms with E-state index in [1.165, 1.54) is 23.5 Å². The monoisotopic (exact) mass is 304 g/mol. The van der Waals surface area contributed by atoms with Crippen LogP contribution in [0.4, 0.5) is 0 Å². The van der Waals surface area contributed by atoms with Crippen molar-refractivity contribution in [1.29, 1.82) is 0 Å². The van der Waals surface area contributed by atoms with Crippen LogP contribution in [-0.4, -0.2) is 58.0 Å². The smallest absolute Gasteiger partial charge is 0.243 e. The van der Waals surface area contributed by atoms with E-state index in [4.69, 9.17) is 16.3 Å². The predicted molar refractivity (Wildman–Crippen MR) is 74.3 cm³/mol. The van der Waals surface area contributed by atoms with Gasteiger partial charge in [-0.25, -0.2) is 8.42 Å². The fourth-order valence-electron chi connectivity index (χ4n) is 1.99. The van der Waals surface area contributed by atoms with Crippen LogP contribution in [0, 0.1) is 0 Å². The molecule has 1 aliphatic rings. The highest BCUT2D eigenvalue weighted by Gasteiger charge is 2.27. The lowest BCUT2D eigenvalue weighted by atomic mass is 10.3. The number of piperazine rings is 1. The van der Waals surface area contributed by atoms with E-state index in [1.807, 2.05) is 7.05 Å². The van der Waals surface area contributed by atoms with Crippen molar-refractivity contribution in [3.05, 3.63) is 23.2 Å². The Bertz CT molecular complexity index is 554. The van der Waals surface area contributed by atoms with Gasteiger partial charge in [0.2, 0.25) is 10.0 Å². The maximum absolute atomic E-state index is 12.5. The molecule has 1 aliphatic heterocycles. The number of nitrogens with zero attached hydrogens (tertiary/aromatic N) is 2. The molecule has 1 heterocycles. The number of rotatable bonds is 3. The fourth-order valence-corrected chi connectivity index (χ4v) is 3.76. The van der Waals surface area contributed by atoms with Crippen LogP contribution in [0.3, 0.4) is 0 Å². The average Bonchev–Trinajstić information content (AvgIpc) is 2.39. The van der Waals surface area contributed by atoms with Crippen molar-refractivity contribution in [2.24, 2.45) is 0 Å². The third-order valence-electron chi connectivity index (χ3n) is 3.22. The first kappa shape index (κ1) is 14.6. The summed E-state index contributed by atoms with van der Waals surface area (Å²) < 4.78 is 31.4. The summed E-state index contributed by atoms with van der Waals surface area (Å²) in [5.41, 5.74) is 0. The molecule has 2 rings (SSSR count). The normalized spacial score (nSPS) is 18.5. The van der Waals surface area contributed by atoms with E-state index in [-0.39, 0.29) is 4.90 Å². The van der Waals surface area contributed by atoms with E-state index in [0.717, 1.165) is 13.1 Å². The summed E-state index contributed by atoms with van der Waals surface area (Å²) in [6.45, 7) is 2.48. The second-order valence-corrected chi connectivity index (χ2v) is 6.85. The molecule has 0 spiro atoms. The molecule has 19 heavy (non-hydrogen) atoms. The van der Waals surface area contributed by atoms with Gasteiger partial charge in [0.15, 0.2) is 0 Å². The maximum atomic E-state index is 12.5. The molecular formula is C12H17ClN2O3S. The van der Waals surface area contributed by atoms with Gasteiger partial charge in [-0.2, -0.15) is 4.31 Å². The third-order valence-corrected chi connectivity index (χ3v) is 5.41. The highest BCUT2D eigenvalue weighted by molar-refractivity contribution is 7.89. The minimum Gasteiger partial charge on any atom is -0.495 e. The molecular weight excluding hydrogens is 288 g/mol. The SMILES string of the molecule is COc1ccc(S(=O)(=O)N2CCN(C)CC2)cc1Cl. The predicted octanol–water partition coefficient (Wildman–Crippen LogP) is 1.28. The number of benzene rings is 1. The Balaban J connectivity index is 2.27. The Morgan fingerprint density at radius 3 is 2.37 bits per heavy atom. The van der Waals surface area contributed by atoms with E-state index in [0.29, 0.717) is 23.9 Å². The summed E-state index contributed by atoms with van der Waals surface area (Å²) in [5, 5.41) is 0.303. The first-order valence-electron chi connectivity index (χ1n) is 5.97. The van der Waals surface area contributed by atoms with Crippen LogP contribution < -0.4 is 4.74 Å². The number of methoxy groups -OCH3 is 1. The minimum absolute atomic E-state index is 0.211. The third kappa shape index (κ3) is 3.02. The second-order valence-electron chi connectivity index (χ2n) is 4.50. The quantitative estimate of drug-likeness (QED) is 0.844. The Hall–Kier alpha value is -0.820. The van der Waals surface area contributed by atoms with Crippen molar-refractivity contribution >= 4 is 21.6 Å². The zero-order valence-electron chi connectivity index (χ0n) is 11.0. The topological polar surface area (TPSA) is 49.9 Å². The number of halogens is 1. The Morgan fingerprint density at radius 2 is 1.84 bits per heavy atom. The maximum Gasteiger partial charge on any atom is 0.243 e. The largest absolute Gasteiger partial charge is 0.495 e. The number of sulfonamides is 1. The van der Waals surface area contributed by atoms with Crippen LogP contribution in [0.5, 0.6) is 5.75 Å². The second kappa shape index (κ2) is 5.66. The molecule has 0 aromatic heterocycles. The van der Waals surface area contributed by atoms with Crippen LogP contribution in [0.15, 0.2) is 23.1 Å². The van der Waals surface area contributed by atoms with Gasteiger partial charge in [-0.05, 0) is 25.2 Å². The standard InChI is InChI=1S/C12H17ClN2O3S/c1-14-5-7-15(8-6-14)19(16,17)10-3-4-12(18-2)11(13)9-10/h3-4,9H,5-8H2,1-2H3. The van der Waals surface area contributed by atoms with Gasteiger partial charge >= 0.3 is 0 Å². The molecule has 1 fully saturated rings. The zero-order valence-corrected chi connectivity index (χ0v) is 12.5. The van der Waals surface area contributed by atoms with Crippen LogP contribution in [0.25, 0.3) is 0 Å². The molecule has 7 heteroatoms. The Morgan fingerprint density at radius 1 is 1.21 bits per heavy atom. The molecule has 1 aromatic rings. The number of hydrogen-bond acceptors (Lipinski definition) is 4. The molecule has 0 N–H and O–H groups in total. The molecule has 0 unspecified atom stereocenters. The lowest BCUT2D eigenvalue weighted by Gasteiger charge is -2.31. The van der Waals surface area contributed by atoms with E-state index in [9.17, 15) is 8.42 Å². The highest BCUT2D eigenvalue weighted by Crippen LogP contribution is 2.28. The summed E-state index contributed by atoms with van der Waals surface area (Å²) in [6.07, 6.45) is 0. The lowest BCUT2D eigenvalue weighted by molar-refractivity contribution is 0.222. The van der Waals surface area contributed by atoms with Crippen LogP contribution in [-0.2, 0) is 10.0 Å². The van der Waals surface area contributed by atoms with E-state index >= 15 is 0 Å². The molecule has 106 valence electrons. The summed E-state index contributed by atoms with van der Waals surface area (Å²) in [7, 11) is 0.00998. The molecule has 1 saturated heterocycles. The van der Waals surface area contributed by atoms with E-state index < -0.39 is 10.0 Å². The highest BCUT2D eigenvalue weighted by atomic mass is 35.5. The Kier molecular flexibility index (Phi) is 4.35. The minimum atomic E-state index is -3.47. The summed E-state index contributed by atoms with van der Waals surface area (Å²) in [6, 6.07) is 4.54. The van der Waals surface area contributed by atoms with Gasteiger partial charge in [-0.3, -0.25) is 0 Å². The molecule has 0 aliphatic carbocycles. The van der Waals surface area contributed by atoms with Gasteiger partial charge < -0.3 is 9.64 Å². The van der Waals surface area contributed by atoms with Crippen LogP contribution in [0.1, 0.15) is 0 Å². The molecule has 0 amide bonds. The zero-order chi connectivity index (χ0) is 14.0. The number of likely N-dealkylation sites (N-methyl/N-ethyl adjacent to an activating group) is 1. The number of ether oxygens (including phenoxy) is 1. The summed E-state index contributed by atoms with van der Waals surface area (Å²) in [4.78, 5) is 2.32. The van der Waals surface area contributed by atoms with Crippen LogP contribution >= 0.6 is 11.6 Å².